The van der Waals surface area contributed by atoms with E-state index in [1.807, 2.05) is 19.3 Å². The third-order valence-electron chi connectivity index (χ3n) is 3.29. The van der Waals surface area contributed by atoms with Crippen LogP contribution in [0.2, 0.25) is 0 Å². The van der Waals surface area contributed by atoms with Gasteiger partial charge < -0.3 is 14.2 Å². The molecule has 3 heterocycles. The summed E-state index contributed by atoms with van der Waals surface area (Å²) in [6.45, 7) is 0. The number of ether oxygens (including phenoxy) is 1. The topological polar surface area (TPSA) is 111 Å². The van der Waals surface area contributed by atoms with Crippen LogP contribution >= 0.6 is 0 Å². The molecule has 0 aromatic carbocycles. The van der Waals surface area contributed by atoms with Crippen LogP contribution in [0.3, 0.4) is 0 Å². The summed E-state index contributed by atoms with van der Waals surface area (Å²) in [5.74, 6) is 0.323. The normalized spacial score (nSPS) is 10.2. The second-order valence-corrected chi connectivity index (χ2v) is 5.03. The molecule has 0 aliphatic heterocycles. The summed E-state index contributed by atoms with van der Waals surface area (Å²) in [6.07, 6.45) is 8.10. The summed E-state index contributed by atoms with van der Waals surface area (Å²) < 4.78 is 11.6. The SMILES string of the molecule is COc1ccc(-c2cnn(C)c2)cnc(NC(=O)c2ccon2)[nH]c1. The minimum atomic E-state index is -0.448. The summed E-state index contributed by atoms with van der Waals surface area (Å²) >= 11 is 0. The van der Waals surface area contributed by atoms with Crippen molar-refractivity contribution in [3.8, 4) is 16.9 Å². The van der Waals surface area contributed by atoms with Gasteiger partial charge >= 0.3 is 0 Å². The molecule has 0 aliphatic carbocycles. The molecular formula is C16H16N6O3. The lowest BCUT2D eigenvalue weighted by atomic mass is 10.2. The molecule has 9 heteroatoms. The van der Waals surface area contributed by atoms with Crippen molar-refractivity contribution in [2.45, 2.75) is 0 Å². The van der Waals surface area contributed by atoms with Crippen molar-refractivity contribution in [3.05, 3.63) is 54.9 Å². The number of hydrogen-bond donors (Lipinski definition) is 2. The summed E-state index contributed by atoms with van der Waals surface area (Å²) in [5.41, 5.74) is 1.82. The first-order valence-electron chi connectivity index (χ1n) is 7.33. The van der Waals surface area contributed by atoms with Crippen LogP contribution in [0.5, 0.6) is 5.75 Å². The van der Waals surface area contributed by atoms with Crippen LogP contribution in [-0.2, 0) is 7.05 Å². The Balaban J connectivity index is 2.00. The van der Waals surface area contributed by atoms with Gasteiger partial charge in [0.2, 0.25) is 5.95 Å². The lowest BCUT2D eigenvalue weighted by molar-refractivity contribution is 0.101. The monoisotopic (exact) mass is 340 g/mol. The van der Waals surface area contributed by atoms with Crippen molar-refractivity contribution in [2.75, 3.05) is 12.4 Å². The van der Waals surface area contributed by atoms with Crippen LogP contribution in [-0.4, -0.2) is 37.9 Å². The highest BCUT2D eigenvalue weighted by atomic mass is 16.5. The third kappa shape index (κ3) is 4.02. The Morgan fingerprint density at radius 2 is 2.16 bits per heavy atom. The summed E-state index contributed by atoms with van der Waals surface area (Å²) in [5, 5.41) is 10.4. The Morgan fingerprint density at radius 3 is 2.84 bits per heavy atom. The first kappa shape index (κ1) is 16.2. The summed E-state index contributed by atoms with van der Waals surface area (Å²) in [6, 6.07) is 5.09. The predicted octanol–water partition coefficient (Wildman–Crippen LogP) is 2.18. The highest BCUT2D eigenvalue weighted by Crippen LogP contribution is 2.17. The molecule has 2 N–H and O–H groups in total. The van der Waals surface area contributed by atoms with Gasteiger partial charge in [0.1, 0.15) is 12.0 Å². The van der Waals surface area contributed by atoms with Crippen LogP contribution in [0, 0.1) is 0 Å². The van der Waals surface area contributed by atoms with Gasteiger partial charge in [0.15, 0.2) is 5.69 Å². The molecule has 0 spiro atoms. The molecule has 0 fully saturated rings. The molecule has 0 saturated carbocycles. The number of hydrogen-bond acceptors (Lipinski definition) is 6. The maximum atomic E-state index is 12.1. The highest BCUT2D eigenvalue weighted by Gasteiger charge is 2.09. The number of nitrogens with one attached hydrogen (secondary N) is 2. The second kappa shape index (κ2) is 7.30. The van der Waals surface area contributed by atoms with E-state index in [1.54, 1.807) is 36.4 Å². The number of rotatable bonds is 4. The maximum Gasteiger partial charge on any atom is 0.280 e. The van der Waals surface area contributed by atoms with E-state index in [1.165, 1.54) is 12.3 Å². The van der Waals surface area contributed by atoms with Crippen molar-refractivity contribution < 1.29 is 14.1 Å². The molecule has 128 valence electrons. The van der Waals surface area contributed by atoms with Crippen molar-refractivity contribution in [2.24, 2.45) is 7.05 Å². The fourth-order valence-electron chi connectivity index (χ4n) is 2.01. The molecule has 0 bridgehead atoms. The van der Waals surface area contributed by atoms with Gasteiger partial charge in [-0.3, -0.25) is 14.8 Å². The van der Waals surface area contributed by atoms with Crippen molar-refractivity contribution in [3.63, 3.8) is 0 Å². The van der Waals surface area contributed by atoms with E-state index in [0.717, 1.165) is 11.1 Å². The number of aryl methyl sites for hydroxylation is 1. The fraction of sp³-hybridized carbons (Fsp3) is 0.125. The van der Waals surface area contributed by atoms with Crippen molar-refractivity contribution >= 4 is 11.9 Å². The number of nitrogens with zero attached hydrogens (tertiary/aromatic N) is 4. The van der Waals surface area contributed by atoms with Gasteiger partial charge in [-0.1, -0.05) is 5.16 Å². The van der Waals surface area contributed by atoms with Gasteiger partial charge in [-0.25, -0.2) is 4.98 Å². The molecule has 1 amide bonds. The zero-order chi connectivity index (χ0) is 17.6. The Kier molecular flexibility index (Phi) is 4.74. The quantitative estimate of drug-likeness (QED) is 0.753. The number of carbonyl (C=O) groups is 1. The second-order valence-electron chi connectivity index (χ2n) is 5.03. The van der Waals surface area contributed by atoms with Gasteiger partial charge in [-0.15, -0.1) is 0 Å². The van der Waals surface area contributed by atoms with Crippen LogP contribution in [0.1, 0.15) is 10.5 Å². The average Bonchev–Trinajstić information content (AvgIpc) is 3.28. The number of aromatic amines is 1. The number of methoxy groups -OCH3 is 1. The van der Waals surface area contributed by atoms with Crippen LogP contribution in [0.25, 0.3) is 11.1 Å². The minimum absolute atomic E-state index is 0.148. The van der Waals surface area contributed by atoms with Gasteiger partial charge in [-0.05, 0) is 12.1 Å². The average molecular weight is 340 g/mol. The van der Waals surface area contributed by atoms with E-state index < -0.39 is 5.91 Å². The fourth-order valence-corrected chi connectivity index (χ4v) is 2.01. The Hall–Kier alpha value is -3.62. The van der Waals surface area contributed by atoms with Crippen LogP contribution in [0.4, 0.5) is 5.95 Å². The van der Waals surface area contributed by atoms with Gasteiger partial charge in [0.25, 0.3) is 5.91 Å². The smallest absolute Gasteiger partial charge is 0.280 e. The largest absolute Gasteiger partial charge is 0.495 e. The minimum Gasteiger partial charge on any atom is -0.495 e. The maximum absolute atomic E-state index is 12.1. The van der Waals surface area contributed by atoms with Crippen LogP contribution in [0.15, 0.2) is 53.8 Å². The molecule has 9 nitrogen and oxygen atoms in total. The van der Waals surface area contributed by atoms with Gasteiger partial charge in [-0.2, -0.15) is 5.10 Å². The molecule has 25 heavy (non-hydrogen) atoms. The number of H-pyrrole nitrogens is 1. The number of aromatic nitrogens is 5. The standard InChI is InChI=1S/C16H16N6O3/c1-22-10-12(8-19-22)11-3-4-13(24-2)9-18-16(17-7-11)20-15(23)14-5-6-25-21-14/h3-10H,1-2H3,(H2,17,18,20,23). The van der Waals surface area contributed by atoms with Gasteiger partial charge in [0, 0.05) is 42.8 Å². The Bertz CT molecular complexity index is 912. The molecule has 0 atom stereocenters. The number of anilines is 1. The zero-order valence-electron chi connectivity index (χ0n) is 13.6. The first-order chi connectivity index (χ1) is 12.2. The molecule has 0 unspecified atom stereocenters. The molecule has 3 rings (SSSR count). The summed E-state index contributed by atoms with van der Waals surface area (Å²) in [7, 11) is 3.38. The molecule has 3 aromatic heterocycles. The van der Waals surface area contributed by atoms with E-state index >= 15 is 0 Å². The summed E-state index contributed by atoms with van der Waals surface area (Å²) in [4.78, 5) is 19.3. The number of amides is 1. The van der Waals surface area contributed by atoms with E-state index in [9.17, 15) is 4.79 Å². The molecule has 0 radical (unpaired) electrons. The Morgan fingerprint density at radius 1 is 1.28 bits per heavy atom. The highest BCUT2D eigenvalue weighted by molar-refractivity contribution is 6.01. The lowest BCUT2D eigenvalue weighted by Crippen LogP contribution is -2.13. The third-order valence-corrected chi connectivity index (χ3v) is 3.29. The first-order valence-corrected chi connectivity index (χ1v) is 7.33. The van der Waals surface area contributed by atoms with Gasteiger partial charge in [0.05, 0.1) is 13.3 Å². The van der Waals surface area contributed by atoms with E-state index in [0.29, 0.717) is 5.75 Å². The molecule has 3 aromatic rings. The van der Waals surface area contributed by atoms with Crippen molar-refractivity contribution in [1.82, 2.24) is 24.9 Å². The molecular weight excluding hydrogens is 324 g/mol. The van der Waals surface area contributed by atoms with Crippen molar-refractivity contribution in [1.29, 1.82) is 0 Å². The zero-order valence-corrected chi connectivity index (χ0v) is 13.6. The lowest BCUT2D eigenvalue weighted by Gasteiger charge is -1.99. The predicted molar refractivity (Wildman–Crippen MR) is 89.4 cm³/mol. The van der Waals surface area contributed by atoms with Crippen LogP contribution < -0.4 is 10.1 Å². The Labute approximate surface area is 143 Å². The molecule has 0 aliphatic rings. The van der Waals surface area contributed by atoms with E-state index in [4.69, 9.17) is 4.74 Å². The van der Waals surface area contributed by atoms with E-state index in [-0.39, 0.29) is 11.6 Å². The number of carbonyl (C=O) groups excluding carboxylic acids is 1. The molecule has 0 saturated heterocycles. The van der Waals surface area contributed by atoms with E-state index in [2.05, 4.69) is 30.1 Å².